The molecule has 0 aromatic rings. The Morgan fingerprint density at radius 3 is 2.33 bits per heavy atom. The van der Waals surface area contributed by atoms with Crippen molar-refractivity contribution in [1.29, 1.82) is 0 Å². The maximum absolute atomic E-state index is 11.4. The first-order valence-corrected chi connectivity index (χ1v) is 7.21. The van der Waals surface area contributed by atoms with Crippen LogP contribution in [-0.2, 0) is 14.6 Å². The number of carboxylic acids is 1. The molecule has 1 aliphatic rings. The van der Waals surface area contributed by atoms with Gasteiger partial charge in [-0.2, -0.15) is 0 Å². The van der Waals surface area contributed by atoms with Crippen molar-refractivity contribution < 1.29 is 18.3 Å². The van der Waals surface area contributed by atoms with E-state index in [1.807, 2.05) is 0 Å². The van der Waals surface area contributed by atoms with Crippen LogP contribution in [-0.4, -0.2) is 31.0 Å². The van der Waals surface area contributed by atoms with E-state index >= 15 is 0 Å². The summed E-state index contributed by atoms with van der Waals surface area (Å²) in [6.07, 6.45) is 3.77. The highest BCUT2D eigenvalue weighted by atomic mass is 32.2. The summed E-state index contributed by atoms with van der Waals surface area (Å²) in [4.78, 5) is 11.0. The highest BCUT2D eigenvalue weighted by Gasteiger charge is 2.33. The summed E-state index contributed by atoms with van der Waals surface area (Å²) < 4.78 is 22.8. The fourth-order valence-electron chi connectivity index (χ4n) is 2.16. The largest absolute Gasteiger partial charge is 0.481 e. The number of hydrogen-bond donors (Lipinski definition) is 1. The molecule has 0 bridgehead atoms. The van der Waals surface area contributed by atoms with E-state index in [-0.39, 0.29) is 17.4 Å². The zero-order valence-electron chi connectivity index (χ0n) is 8.98. The van der Waals surface area contributed by atoms with E-state index in [0.29, 0.717) is 0 Å². The molecule has 0 unspecified atom stereocenters. The third-order valence-electron chi connectivity index (χ3n) is 3.16. The Morgan fingerprint density at radius 1 is 1.40 bits per heavy atom. The van der Waals surface area contributed by atoms with E-state index < -0.39 is 21.7 Å². The van der Waals surface area contributed by atoms with E-state index in [1.165, 1.54) is 0 Å². The first-order valence-electron chi connectivity index (χ1n) is 5.39. The number of hydrogen-bond acceptors (Lipinski definition) is 3. The quantitative estimate of drug-likeness (QED) is 0.778. The molecule has 1 atom stereocenters. The maximum Gasteiger partial charge on any atom is 0.307 e. The molecule has 0 heterocycles. The van der Waals surface area contributed by atoms with Gasteiger partial charge >= 0.3 is 5.97 Å². The Kier molecular flexibility index (Phi) is 4.13. The number of carbonyl (C=O) groups is 1. The first-order chi connectivity index (χ1) is 6.96. The van der Waals surface area contributed by atoms with Gasteiger partial charge in [0.1, 0.15) is 0 Å². The molecular formula is C10H18O4S. The van der Waals surface area contributed by atoms with Gasteiger partial charge in [-0.15, -0.1) is 0 Å². The third-order valence-corrected chi connectivity index (χ3v) is 4.91. The Hall–Kier alpha value is -0.580. The van der Waals surface area contributed by atoms with E-state index in [2.05, 4.69) is 0 Å². The molecular weight excluding hydrogens is 216 g/mol. The highest BCUT2D eigenvalue weighted by Crippen LogP contribution is 2.32. The lowest BCUT2D eigenvalue weighted by Crippen LogP contribution is -2.30. The predicted octanol–water partition coefficient (Wildman–Crippen LogP) is 1.31. The lowest BCUT2D eigenvalue weighted by molar-refractivity contribution is -0.142. The smallest absolute Gasteiger partial charge is 0.307 e. The van der Waals surface area contributed by atoms with Gasteiger partial charge < -0.3 is 5.11 Å². The summed E-state index contributed by atoms with van der Waals surface area (Å²) in [6, 6.07) is 0. The Balaban J connectivity index is 2.70. The van der Waals surface area contributed by atoms with Gasteiger partial charge in [-0.05, 0) is 18.8 Å². The number of carboxylic acid groups (broad SMARTS) is 1. The summed E-state index contributed by atoms with van der Waals surface area (Å²) in [7, 11) is -3.18. The molecule has 4 nitrogen and oxygen atoms in total. The van der Waals surface area contributed by atoms with Crippen LogP contribution in [0.4, 0.5) is 0 Å². The van der Waals surface area contributed by atoms with E-state index in [9.17, 15) is 13.2 Å². The van der Waals surface area contributed by atoms with Gasteiger partial charge in [-0.25, -0.2) is 8.42 Å². The summed E-state index contributed by atoms with van der Waals surface area (Å²) >= 11 is 0. The summed E-state index contributed by atoms with van der Waals surface area (Å²) in [5.74, 6) is -1.76. The molecule has 15 heavy (non-hydrogen) atoms. The molecule has 5 heteroatoms. The molecule has 88 valence electrons. The lowest BCUT2D eigenvalue weighted by Gasteiger charge is -2.18. The molecule has 1 N–H and O–H groups in total. The number of sulfone groups is 1. The van der Waals surface area contributed by atoms with Gasteiger partial charge in [0.25, 0.3) is 0 Å². The Labute approximate surface area is 90.6 Å². The normalized spacial score (nSPS) is 20.3. The molecule has 1 fully saturated rings. The fourth-order valence-corrected chi connectivity index (χ4v) is 3.36. The molecule has 0 saturated heterocycles. The second kappa shape index (κ2) is 4.96. The van der Waals surface area contributed by atoms with Crippen molar-refractivity contribution in [3.05, 3.63) is 0 Å². The first kappa shape index (κ1) is 12.5. The average Bonchev–Trinajstić information content (AvgIpc) is 2.66. The van der Waals surface area contributed by atoms with E-state index in [4.69, 9.17) is 5.11 Å². The predicted molar refractivity (Wildman–Crippen MR) is 57.4 cm³/mol. The molecule has 1 saturated carbocycles. The SMILES string of the molecule is CCS(=O)(=O)C[C@@H](C(=O)O)C1CCCC1. The fraction of sp³-hybridized carbons (Fsp3) is 0.900. The van der Waals surface area contributed by atoms with E-state index in [0.717, 1.165) is 25.7 Å². The van der Waals surface area contributed by atoms with Crippen molar-refractivity contribution in [3.63, 3.8) is 0 Å². The van der Waals surface area contributed by atoms with Crippen LogP contribution in [0.5, 0.6) is 0 Å². The maximum atomic E-state index is 11.4. The second-order valence-electron chi connectivity index (χ2n) is 4.19. The van der Waals surface area contributed by atoms with E-state index in [1.54, 1.807) is 6.92 Å². The van der Waals surface area contributed by atoms with Crippen LogP contribution in [0, 0.1) is 11.8 Å². The molecule has 0 radical (unpaired) electrons. The monoisotopic (exact) mass is 234 g/mol. The highest BCUT2D eigenvalue weighted by molar-refractivity contribution is 7.91. The van der Waals surface area contributed by atoms with Gasteiger partial charge in [0.05, 0.1) is 11.7 Å². The van der Waals surface area contributed by atoms with Gasteiger partial charge in [0.2, 0.25) is 0 Å². The van der Waals surface area contributed by atoms with Crippen LogP contribution in [0.25, 0.3) is 0 Å². The van der Waals surface area contributed by atoms with Gasteiger partial charge in [-0.3, -0.25) is 4.79 Å². The zero-order chi connectivity index (χ0) is 11.5. The van der Waals surface area contributed by atoms with Gasteiger partial charge in [0.15, 0.2) is 9.84 Å². The van der Waals surface area contributed by atoms with Crippen LogP contribution >= 0.6 is 0 Å². The molecule has 0 aromatic heterocycles. The van der Waals surface area contributed by atoms with Gasteiger partial charge in [0, 0.05) is 5.75 Å². The van der Waals surface area contributed by atoms with Crippen molar-refractivity contribution in [3.8, 4) is 0 Å². The van der Waals surface area contributed by atoms with Crippen molar-refractivity contribution in [1.82, 2.24) is 0 Å². The average molecular weight is 234 g/mol. The van der Waals surface area contributed by atoms with Crippen LogP contribution < -0.4 is 0 Å². The van der Waals surface area contributed by atoms with Crippen molar-refractivity contribution in [2.75, 3.05) is 11.5 Å². The third kappa shape index (κ3) is 3.48. The lowest BCUT2D eigenvalue weighted by atomic mass is 9.93. The minimum Gasteiger partial charge on any atom is -0.481 e. The molecule has 0 spiro atoms. The summed E-state index contributed by atoms with van der Waals surface area (Å²) in [5.41, 5.74) is 0. The van der Waals surface area contributed by atoms with Crippen LogP contribution in [0.3, 0.4) is 0 Å². The molecule has 0 amide bonds. The standard InChI is InChI=1S/C10H18O4S/c1-2-15(13,14)7-9(10(11)12)8-5-3-4-6-8/h8-9H,2-7H2,1H3,(H,11,12)/t9-/m1/s1. The Bertz CT molecular complexity index is 314. The minimum absolute atomic E-state index is 0.0313. The molecule has 0 aliphatic heterocycles. The molecule has 1 rings (SSSR count). The summed E-state index contributed by atoms with van der Waals surface area (Å²) in [5, 5.41) is 9.03. The topological polar surface area (TPSA) is 71.4 Å². The van der Waals surface area contributed by atoms with Gasteiger partial charge in [-0.1, -0.05) is 19.8 Å². The number of aliphatic carboxylic acids is 1. The van der Waals surface area contributed by atoms with Crippen LogP contribution in [0.2, 0.25) is 0 Å². The molecule has 1 aliphatic carbocycles. The van der Waals surface area contributed by atoms with Crippen LogP contribution in [0.15, 0.2) is 0 Å². The summed E-state index contributed by atoms with van der Waals surface area (Å²) in [6.45, 7) is 1.56. The zero-order valence-corrected chi connectivity index (χ0v) is 9.79. The van der Waals surface area contributed by atoms with Crippen molar-refractivity contribution >= 4 is 15.8 Å². The second-order valence-corrected chi connectivity index (χ2v) is 6.59. The van der Waals surface area contributed by atoms with Crippen molar-refractivity contribution in [2.45, 2.75) is 32.6 Å². The molecule has 0 aromatic carbocycles. The Morgan fingerprint density at radius 2 is 1.93 bits per heavy atom. The number of rotatable bonds is 5. The van der Waals surface area contributed by atoms with Crippen molar-refractivity contribution in [2.24, 2.45) is 11.8 Å². The van der Waals surface area contributed by atoms with Crippen LogP contribution in [0.1, 0.15) is 32.6 Å². The minimum atomic E-state index is -3.18.